The first-order chi connectivity index (χ1) is 12.4. The van der Waals surface area contributed by atoms with Crippen molar-refractivity contribution in [2.75, 3.05) is 31.2 Å². The number of hydrogen-bond donors (Lipinski definition) is 1. The largest absolute Gasteiger partial charge is 0.378 e. The third kappa shape index (κ3) is 4.09. The van der Waals surface area contributed by atoms with Crippen molar-refractivity contribution in [1.29, 1.82) is 0 Å². The molecular weight excluding hydrogens is 360 g/mol. The molecule has 1 aromatic rings. The zero-order valence-electron chi connectivity index (χ0n) is 13.9. The molecule has 3 rings (SSSR count). The number of anilines is 1. The minimum Gasteiger partial charge on any atom is -0.378 e. The quantitative estimate of drug-likeness (QED) is 0.483. The van der Waals surface area contributed by atoms with Gasteiger partial charge in [-0.2, -0.15) is 4.99 Å². The Balaban J connectivity index is 1.85. The number of carbonyl (C=O) groups is 2. The van der Waals surface area contributed by atoms with Gasteiger partial charge < -0.3 is 15.0 Å². The molecule has 2 aliphatic rings. The number of rotatable bonds is 3. The number of amidine groups is 1. The molecule has 2 aliphatic heterocycles. The van der Waals surface area contributed by atoms with Crippen molar-refractivity contribution in [2.45, 2.75) is 6.92 Å². The van der Waals surface area contributed by atoms with Gasteiger partial charge in [-0.05, 0) is 29.5 Å². The second kappa shape index (κ2) is 7.67. The van der Waals surface area contributed by atoms with E-state index in [-0.39, 0.29) is 16.8 Å². The third-order valence-electron chi connectivity index (χ3n) is 3.75. The first kappa shape index (κ1) is 18.1. The van der Waals surface area contributed by atoms with Crippen molar-refractivity contribution in [3.63, 3.8) is 0 Å². The molecule has 10 heteroatoms. The van der Waals surface area contributed by atoms with Gasteiger partial charge in [-0.3, -0.25) is 19.7 Å². The van der Waals surface area contributed by atoms with Crippen LogP contribution in [0.1, 0.15) is 12.5 Å². The number of carbonyl (C=O) groups excluding carboxylic acids is 2. The van der Waals surface area contributed by atoms with Crippen LogP contribution in [0.3, 0.4) is 0 Å². The lowest BCUT2D eigenvalue weighted by Gasteiger charge is -2.28. The number of aliphatic imine (C=N–C) groups is 1. The van der Waals surface area contributed by atoms with Crippen LogP contribution in [-0.4, -0.2) is 48.2 Å². The van der Waals surface area contributed by atoms with Gasteiger partial charge >= 0.3 is 0 Å². The van der Waals surface area contributed by atoms with Gasteiger partial charge in [-0.1, -0.05) is 6.07 Å². The lowest BCUT2D eigenvalue weighted by molar-refractivity contribution is -0.384. The van der Waals surface area contributed by atoms with Gasteiger partial charge in [0.1, 0.15) is 5.69 Å². The van der Waals surface area contributed by atoms with Gasteiger partial charge in [-0.25, -0.2) is 0 Å². The zero-order chi connectivity index (χ0) is 18.7. The molecule has 26 heavy (non-hydrogen) atoms. The Bertz CT molecular complexity index is 830. The Morgan fingerprint density at radius 1 is 1.42 bits per heavy atom. The van der Waals surface area contributed by atoms with Gasteiger partial charge in [0, 0.05) is 26.1 Å². The van der Waals surface area contributed by atoms with Gasteiger partial charge in [0.15, 0.2) is 5.17 Å². The number of nitrogens with zero attached hydrogens (tertiary/aromatic N) is 3. The van der Waals surface area contributed by atoms with Crippen LogP contribution in [0, 0.1) is 10.1 Å². The van der Waals surface area contributed by atoms with Crippen LogP contribution < -0.4 is 10.2 Å². The van der Waals surface area contributed by atoms with E-state index in [4.69, 9.17) is 4.74 Å². The average molecular weight is 376 g/mol. The van der Waals surface area contributed by atoms with Crippen molar-refractivity contribution in [3.05, 3.63) is 38.8 Å². The fourth-order valence-corrected chi connectivity index (χ4v) is 3.47. The minimum absolute atomic E-state index is 0.0281. The molecular formula is C16H16N4O5S. The normalized spacial score (nSPS) is 18.8. The van der Waals surface area contributed by atoms with Crippen LogP contribution >= 0.6 is 11.8 Å². The van der Waals surface area contributed by atoms with Crippen molar-refractivity contribution >= 4 is 46.2 Å². The minimum atomic E-state index is -0.487. The summed E-state index contributed by atoms with van der Waals surface area (Å²) in [5.41, 5.74) is 1.02. The smallest absolute Gasteiger partial charge is 0.293 e. The number of hydrogen-bond acceptors (Lipinski definition) is 7. The highest BCUT2D eigenvalue weighted by atomic mass is 32.2. The van der Waals surface area contributed by atoms with E-state index < -0.39 is 10.8 Å². The highest BCUT2D eigenvalue weighted by Gasteiger charge is 2.24. The number of nitro benzene ring substituents is 1. The van der Waals surface area contributed by atoms with Crippen molar-refractivity contribution in [2.24, 2.45) is 4.99 Å². The van der Waals surface area contributed by atoms with Crippen molar-refractivity contribution in [3.8, 4) is 0 Å². The highest BCUT2D eigenvalue weighted by molar-refractivity contribution is 8.18. The Labute approximate surface area is 153 Å². The van der Waals surface area contributed by atoms with Gasteiger partial charge in [0.25, 0.3) is 11.6 Å². The maximum Gasteiger partial charge on any atom is 0.293 e. The van der Waals surface area contributed by atoms with E-state index in [0.29, 0.717) is 42.5 Å². The molecule has 2 amide bonds. The maximum absolute atomic E-state index is 11.9. The van der Waals surface area contributed by atoms with Crippen LogP contribution in [0.15, 0.2) is 28.1 Å². The SMILES string of the molecule is CC(=O)NC1=NC(=O)/C(=C/c2ccc(N3CCOCC3)c([N+](=O)[O-])c2)S1. The second-order valence-electron chi connectivity index (χ2n) is 5.62. The van der Waals surface area contributed by atoms with E-state index in [9.17, 15) is 19.7 Å². The van der Waals surface area contributed by atoms with Crippen LogP contribution in [0.25, 0.3) is 6.08 Å². The number of ether oxygens (including phenoxy) is 1. The molecule has 1 N–H and O–H groups in total. The molecule has 0 radical (unpaired) electrons. The average Bonchev–Trinajstić information content (AvgIpc) is 2.94. The van der Waals surface area contributed by atoms with Crippen LogP contribution in [0.2, 0.25) is 0 Å². The Morgan fingerprint density at radius 3 is 2.81 bits per heavy atom. The molecule has 0 spiro atoms. The highest BCUT2D eigenvalue weighted by Crippen LogP contribution is 2.33. The summed E-state index contributed by atoms with van der Waals surface area (Å²) in [6.07, 6.45) is 1.53. The predicted molar refractivity (Wildman–Crippen MR) is 98.0 cm³/mol. The molecule has 0 aromatic heterocycles. The van der Waals surface area contributed by atoms with E-state index in [1.54, 1.807) is 12.1 Å². The molecule has 0 saturated carbocycles. The monoisotopic (exact) mass is 376 g/mol. The number of nitrogens with one attached hydrogen (secondary N) is 1. The van der Waals surface area contributed by atoms with E-state index in [1.165, 1.54) is 19.1 Å². The molecule has 0 bridgehead atoms. The fraction of sp³-hybridized carbons (Fsp3) is 0.312. The molecule has 1 fully saturated rings. The molecule has 0 unspecified atom stereocenters. The number of amides is 2. The summed E-state index contributed by atoms with van der Waals surface area (Å²) in [6, 6.07) is 4.83. The van der Waals surface area contributed by atoms with Crippen LogP contribution in [0.5, 0.6) is 0 Å². The zero-order valence-corrected chi connectivity index (χ0v) is 14.7. The molecule has 1 saturated heterocycles. The van der Waals surface area contributed by atoms with Crippen molar-refractivity contribution < 1.29 is 19.2 Å². The molecule has 0 aliphatic carbocycles. The second-order valence-corrected chi connectivity index (χ2v) is 6.65. The Hall–Kier alpha value is -2.72. The van der Waals surface area contributed by atoms with Crippen molar-refractivity contribution in [1.82, 2.24) is 5.32 Å². The van der Waals surface area contributed by atoms with E-state index in [0.717, 1.165) is 11.8 Å². The standard InChI is InChI=1S/C16H16N4O5S/c1-10(21)17-16-18-15(22)14(26-16)9-11-2-3-12(13(8-11)20(23)24)19-4-6-25-7-5-19/h2-3,8-9H,4-7H2,1H3,(H,17,18,21,22)/b14-9-. The Morgan fingerprint density at radius 2 is 2.15 bits per heavy atom. The Kier molecular flexibility index (Phi) is 5.33. The van der Waals surface area contributed by atoms with Gasteiger partial charge in [-0.15, -0.1) is 0 Å². The molecule has 136 valence electrons. The summed E-state index contributed by atoms with van der Waals surface area (Å²) in [6.45, 7) is 3.55. The molecule has 2 heterocycles. The molecule has 0 atom stereocenters. The topological polar surface area (TPSA) is 114 Å². The summed E-state index contributed by atoms with van der Waals surface area (Å²) < 4.78 is 5.28. The van der Waals surface area contributed by atoms with Gasteiger partial charge in [0.05, 0.1) is 23.0 Å². The molecule has 1 aromatic carbocycles. The number of nitro groups is 1. The lowest BCUT2D eigenvalue weighted by atomic mass is 10.1. The first-order valence-electron chi connectivity index (χ1n) is 7.85. The van der Waals surface area contributed by atoms with Crippen LogP contribution in [0.4, 0.5) is 11.4 Å². The third-order valence-corrected chi connectivity index (χ3v) is 4.65. The van der Waals surface area contributed by atoms with Crippen LogP contribution in [-0.2, 0) is 14.3 Å². The first-order valence-corrected chi connectivity index (χ1v) is 8.67. The van der Waals surface area contributed by atoms with E-state index >= 15 is 0 Å². The summed E-state index contributed by atoms with van der Waals surface area (Å²) in [7, 11) is 0. The van der Waals surface area contributed by atoms with E-state index in [1.807, 2.05) is 4.90 Å². The van der Waals surface area contributed by atoms with Gasteiger partial charge in [0.2, 0.25) is 5.91 Å². The van der Waals surface area contributed by atoms with E-state index in [2.05, 4.69) is 10.3 Å². The predicted octanol–water partition coefficient (Wildman–Crippen LogP) is 1.54. The number of benzene rings is 1. The fourth-order valence-electron chi connectivity index (χ4n) is 2.61. The number of morpholine rings is 1. The number of thioether (sulfide) groups is 1. The summed E-state index contributed by atoms with van der Waals surface area (Å²) in [4.78, 5) is 40.0. The molecule has 9 nitrogen and oxygen atoms in total. The maximum atomic E-state index is 11.9. The summed E-state index contributed by atoms with van der Waals surface area (Å²) in [5.74, 6) is -0.811. The summed E-state index contributed by atoms with van der Waals surface area (Å²) >= 11 is 1.02. The lowest BCUT2D eigenvalue weighted by Crippen LogP contribution is -2.36. The summed E-state index contributed by atoms with van der Waals surface area (Å²) in [5, 5.41) is 14.1.